The molecule has 0 aliphatic heterocycles. The molecule has 20 heavy (non-hydrogen) atoms. The molecule has 2 rings (SSSR count). The van der Waals surface area contributed by atoms with E-state index < -0.39 is 0 Å². The number of hydrogen-bond acceptors (Lipinski definition) is 4. The first-order valence-corrected chi connectivity index (χ1v) is 6.54. The van der Waals surface area contributed by atoms with Crippen LogP contribution < -0.4 is 16.0 Å². The number of hydrogen-bond donors (Lipinski definition) is 1. The minimum atomic E-state index is -0.142. The fourth-order valence-corrected chi connectivity index (χ4v) is 1.90. The molecule has 0 bridgehead atoms. The molecule has 0 atom stereocenters. The zero-order valence-corrected chi connectivity index (χ0v) is 11.9. The van der Waals surface area contributed by atoms with Crippen LogP contribution in [0, 0.1) is 6.92 Å². The van der Waals surface area contributed by atoms with Gasteiger partial charge >= 0.3 is 0 Å². The highest BCUT2D eigenvalue weighted by atomic mass is 32.1. The lowest BCUT2D eigenvalue weighted by Gasteiger charge is -2.10. The van der Waals surface area contributed by atoms with Gasteiger partial charge in [0.2, 0.25) is 0 Å². The molecule has 104 valence electrons. The number of para-hydroxylation sites is 1. The van der Waals surface area contributed by atoms with E-state index in [-0.39, 0.29) is 10.5 Å². The zero-order valence-electron chi connectivity index (χ0n) is 11.1. The second-order valence-electron chi connectivity index (χ2n) is 4.30. The summed E-state index contributed by atoms with van der Waals surface area (Å²) in [5.41, 5.74) is 7.01. The van der Waals surface area contributed by atoms with E-state index in [9.17, 15) is 4.79 Å². The van der Waals surface area contributed by atoms with Crippen molar-refractivity contribution in [3.05, 3.63) is 58.0 Å². The number of nitrogens with two attached hydrogens (primary N) is 1. The SMILES string of the molecule is Cc1cnn(CCOc2ccccc2C(N)=S)c(=O)c1. The quantitative estimate of drug-likeness (QED) is 0.839. The van der Waals surface area contributed by atoms with E-state index in [4.69, 9.17) is 22.7 Å². The molecule has 2 N–H and O–H groups in total. The van der Waals surface area contributed by atoms with Gasteiger partial charge in [-0.2, -0.15) is 5.10 Å². The molecule has 1 aromatic heterocycles. The van der Waals surface area contributed by atoms with Crippen LogP contribution >= 0.6 is 12.2 Å². The molecule has 6 heteroatoms. The van der Waals surface area contributed by atoms with Crippen molar-refractivity contribution in [3.63, 3.8) is 0 Å². The predicted octanol–water partition coefficient (Wildman–Crippen LogP) is 1.26. The third-order valence-corrected chi connectivity index (χ3v) is 2.94. The first kappa shape index (κ1) is 14.2. The van der Waals surface area contributed by atoms with Crippen LogP contribution in [0.5, 0.6) is 5.75 Å². The van der Waals surface area contributed by atoms with Crippen molar-refractivity contribution < 1.29 is 4.74 Å². The van der Waals surface area contributed by atoms with Crippen LogP contribution in [0.4, 0.5) is 0 Å². The topological polar surface area (TPSA) is 70.1 Å². The van der Waals surface area contributed by atoms with Crippen LogP contribution in [0.15, 0.2) is 41.3 Å². The Balaban J connectivity index is 2.03. The molecule has 0 unspecified atom stereocenters. The molecule has 0 spiro atoms. The van der Waals surface area contributed by atoms with Crippen LogP contribution in [0.25, 0.3) is 0 Å². The monoisotopic (exact) mass is 289 g/mol. The highest BCUT2D eigenvalue weighted by Crippen LogP contribution is 2.17. The van der Waals surface area contributed by atoms with E-state index in [1.54, 1.807) is 18.3 Å². The maximum absolute atomic E-state index is 11.7. The average Bonchev–Trinajstić information content (AvgIpc) is 2.41. The van der Waals surface area contributed by atoms with Gasteiger partial charge in [0.05, 0.1) is 18.3 Å². The molecule has 0 amide bonds. The fourth-order valence-electron chi connectivity index (χ4n) is 1.73. The Morgan fingerprint density at radius 2 is 2.20 bits per heavy atom. The molecule has 5 nitrogen and oxygen atoms in total. The van der Waals surface area contributed by atoms with E-state index in [1.807, 2.05) is 19.1 Å². The predicted molar refractivity (Wildman–Crippen MR) is 81.1 cm³/mol. The van der Waals surface area contributed by atoms with Crippen molar-refractivity contribution in [2.75, 3.05) is 6.61 Å². The third-order valence-electron chi connectivity index (χ3n) is 2.72. The number of aryl methyl sites for hydroxylation is 1. The Morgan fingerprint density at radius 1 is 1.45 bits per heavy atom. The lowest BCUT2D eigenvalue weighted by Crippen LogP contribution is -2.25. The van der Waals surface area contributed by atoms with Gasteiger partial charge in [-0.15, -0.1) is 0 Å². The summed E-state index contributed by atoms with van der Waals surface area (Å²) in [4.78, 5) is 11.9. The van der Waals surface area contributed by atoms with Gasteiger partial charge in [0.25, 0.3) is 5.56 Å². The number of benzene rings is 1. The summed E-state index contributed by atoms with van der Waals surface area (Å²) in [7, 11) is 0. The summed E-state index contributed by atoms with van der Waals surface area (Å²) in [6, 6.07) is 8.81. The van der Waals surface area contributed by atoms with E-state index in [1.165, 1.54) is 10.7 Å². The molecule has 1 heterocycles. The molecule has 0 aliphatic rings. The number of nitrogens with zero attached hydrogens (tertiary/aromatic N) is 2. The maximum Gasteiger partial charge on any atom is 0.267 e. The van der Waals surface area contributed by atoms with Crippen LogP contribution in [0.2, 0.25) is 0 Å². The van der Waals surface area contributed by atoms with Gasteiger partial charge < -0.3 is 10.5 Å². The lowest BCUT2D eigenvalue weighted by atomic mass is 10.2. The number of aromatic nitrogens is 2. The van der Waals surface area contributed by atoms with Crippen molar-refractivity contribution in [1.29, 1.82) is 0 Å². The summed E-state index contributed by atoms with van der Waals surface area (Å²) >= 11 is 4.96. The second kappa shape index (κ2) is 6.29. The fraction of sp³-hybridized carbons (Fsp3) is 0.214. The molecule has 0 radical (unpaired) electrons. The van der Waals surface area contributed by atoms with Crippen molar-refractivity contribution in [2.24, 2.45) is 5.73 Å². The van der Waals surface area contributed by atoms with Gasteiger partial charge in [0, 0.05) is 6.07 Å². The second-order valence-corrected chi connectivity index (χ2v) is 4.74. The Hall–Kier alpha value is -2.21. The molecule has 1 aromatic carbocycles. The van der Waals surface area contributed by atoms with Crippen LogP contribution in [0.3, 0.4) is 0 Å². The number of ether oxygens (including phenoxy) is 1. The third kappa shape index (κ3) is 3.42. The summed E-state index contributed by atoms with van der Waals surface area (Å²) in [5, 5.41) is 4.04. The normalized spacial score (nSPS) is 10.2. The Morgan fingerprint density at radius 3 is 2.90 bits per heavy atom. The minimum Gasteiger partial charge on any atom is -0.491 e. The van der Waals surface area contributed by atoms with Gasteiger partial charge in [0.15, 0.2) is 0 Å². The van der Waals surface area contributed by atoms with Crippen molar-refractivity contribution >= 4 is 17.2 Å². The highest BCUT2D eigenvalue weighted by molar-refractivity contribution is 7.80. The molecular formula is C14H15N3O2S. The summed E-state index contributed by atoms with van der Waals surface area (Å²) in [6.45, 7) is 2.51. The van der Waals surface area contributed by atoms with E-state index >= 15 is 0 Å². The lowest BCUT2D eigenvalue weighted by molar-refractivity contribution is 0.287. The van der Waals surface area contributed by atoms with Crippen molar-refractivity contribution in [1.82, 2.24) is 9.78 Å². The van der Waals surface area contributed by atoms with Gasteiger partial charge in [-0.25, -0.2) is 4.68 Å². The van der Waals surface area contributed by atoms with E-state index in [0.717, 1.165) is 5.56 Å². The van der Waals surface area contributed by atoms with Gasteiger partial charge in [-0.3, -0.25) is 4.79 Å². The van der Waals surface area contributed by atoms with Crippen LogP contribution in [-0.4, -0.2) is 21.4 Å². The Kier molecular flexibility index (Phi) is 4.47. The van der Waals surface area contributed by atoms with E-state index in [0.29, 0.717) is 24.5 Å². The van der Waals surface area contributed by atoms with Gasteiger partial charge in [-0.1, -0.05) is 24.4 Å². The highest BCUT2D eigenvalue weighted by Gasteiger charge is 2.05. The molecule has 0 fully saturated rings. The van der Waals surface area contributed by atoms with E-state index in [2.05, 4.69) is 5.10 Å². The van der Waals surface area contributed by atoms with Crippen LogP contribution in [-0.2, 0) is 6.54 Å². The first-order valence-electron chi connectivity index (χ1n) is 6.13. The summed E-state index contributed by atoms with van der Waals surface area (Å²) < 4.78 is 6.98. The van der Waals surface area contributed by atoms with Gasteiger partial charge in [0.1, 0.15) is 17.3 Å². The van der Waals surface area contributed by atoms with Crippen LogP contribution in [0.1, 0.15) is 11.1 Å². The Labute approximate surface area is 122 Å². The standard InChI is InChI=1S/C14H15N3O2S/c1-10-8-13(18)17(16-9-10)6-7-19-12-5-3-2-4-11(12)14(15)20/h2-5,8-9H,6-7H2,1H3,(H2,15,20). The molecule has 0 aliphatic carbocycles. The largest absolute Gasteiger partial charge is 0.491 e. The summed E-state index contributed by atoms with van der Waals surface area (Å²) in [6.07, 6.45) is 1.64. The maximum atomic E-state index is 11.7. The molecule has 2 aromatic rings. The molecule has 0 saturated carbocycles. The smallest absolute Gasteiger partial charge is 0.267 e. The van der Waals surface area contributed by atoms with Gasteiger partial charge in [-0.05, 0) is 24.6 Å². The van der Waals surface area contributed by atoms with Crippen molar-refractivity contribution in [3.8, 4) is 5.75 Å². The zero-order chi connectivity index (χ0) is 14.5. The molecular weight excluding hydrogens is 274 g/mol. The minimum absolute atomic E-state index is 0.142. The van der Waals surface area contributed by atoms with Crippen molar-refractivity contribution in [2.45, 2.75) is 13.5 Å². The average molecular weight is 289 g/mol. The first-order chi connectivity index (χ1) is 9.58. The number of rotatable bonds is 5. The Bertz CT molecular complexity index is 682. The number of thiocarbonyl (C=S) groups is 1. The molecule has 0 saturated heterocycles. The summed E-state index contributed by atoms with van der Waals surface area (Å²) in [5.74, 6) is 0.611.